The highest BCUT2D eigenvalue weighted by atomic mass is 14.8. The van der Waals surface area contributed by atoms with Crippen molar-refractivity contribution in [2.45, 2.75) is 51.0 Å². The molecule has 0 aliphatic heterocycles. The maximum Gasteiger partial charge on any atom is 0.106 e. The number of hydrogen-bond acceptors (Lipinski definition) is 2. The minimum Gasteiger partial charge on any atom is -0.313 e. The van der Waals surface area contributed by atoms with Crippen LogP contribution in [0.1, 0.15) is 45.4 Å². The summed E-state index contributed by atoms with van der Waals surface area (Å²) in [6, 6.07) is 2.28. The predicted octanol–water partition coefficient (Wildman–Crippen LogP) is 2.20. The van der Waals surface area contributed by atoms with Crippen molar-refractivity contribution in [3.05, 3.63) is 0 Å². The van der Waals surface area contributed by atoms with Gasteiger partial charge in [-0.25, -0.2) is 0 Å². The molecule has 1 fully saturated rings. The Bertz CT molecular complexity index is 177. The Morgan fingerprint density at radius 2 is 2.00 bits per heavy atom. The lowest BCUT2D eigenvalue weighted by Crippen LogP contribution is -2.46. The van der Waals surface area contributed by atoms with Gasteiger partial charge in [-0.3, -0.25) is 0 Å². The molecule has 12 heavy (non-hydrogen) atoms. The third-order valence-electron chi connectivity index (χ3n) is 3.13. The maximum absolute atomic E-state index is 8.96. The molecule has 1 rings (SSSR count). The summed E-state index contributed by atoms with van der Waals surface area (Å²) >= 11 is 0. The van der Waals surface area contributed by atoms with Crippen molar-refractivity contribution in [2.24, 2.45) is 11.7 Å². The summed E-state index contributed by atoms with van der Waals surface area (Å²) in [6.45, 7) is 2.01. The average Bonchev–Trinajstić information content (AvgIpc) is 2.18. The number of hydrogen-bond donors (Lipinski definition) is 1. The number of nitrogens with zero attached hydrogens (tertiary/aromatic N) is 1. The van der Waals surface area contributed by atoms with Gasteiger partial charge in [-0.1, -0.05) is 26.2 Å². The van der Waals surface area contributed by atoms with Gasteiger partial charge in [0.2, 0.25) is 0 Å². The fourth-order valence-corrected chi connectivity index (χ4v) is 2.08. The first-order valence-corrected chi connectivity index (χ1v) is 4.93. The van der Waals surface area contributed by atoms with Crippen LogP contribution in [0.3, 0.4) is 0 Å². The summed E-state index contributed by atoms with van der Waals surface area (Å²) in [6.07, 6.45) is 6.92. The average molecular weight is 166 g/mol. The molecule has 0 aromatic heterocycles. The SMILES string of the molecule is CC[C@](N)(C#N)C1CCCCC1. The molecular formula is C10H18N2. The molecule has 0 unspecified atom stereocenters. The van der Waals surface area contributed by atoms with Crippen molar-refractivity contribution in [1.29, 1.82) is 5.26 Å². The highest BCUT2D eigenvalue weighted by Gasteiger charge is 2.33. The molecular weight excluding hydrogens is 148 g/mol. The fourth-order valence-electron chi connectivity index (χ4n) is 2.08. The van der Waals surface area contributed by atoms with E-state index in [0.29, 0.717) is 5.92 Å². The van der Waals surface area contributed by atoms with E-state index in [2.05, 4.69) is 6.07 Å². The van der Waals surface area contributed by atoms with Gasteiger partial charge in [0.15, 0.2) is 0 Å². The van der Waals surface area contributed by atoms with Crippen molar-refractivity contribution >= 4 is 0 Å². The summed E-state index contributed by atoms with van der Waals surface area (Å²) < 4.78 is 0. The molecule has 1 aliphatic rings. The van der Waals surface area contributed by atoms with Crippen molar-refractivity contribution < 1.29 is 0 Å². The molecule has 1 aliphatic carbocycles. The number of nitriles is 1. The smallest absolute Gasteiger partial charge is 0.106 e. The summed E-state index contributed by atoms with van der Waals surface area (Å²) in [4.78, 5) is 0. The lowest BCUT2D eigenvalue weighted by molar-refractivity contribution is 0.248. The first-order valence-electron chi connectivity index (χ1n) is 4.93. The van der Waals surface area contributed by atoms with Crippen LogP contribution in [0.2, 0.25) is 0 Å². The Hall–Kier alpha value is -0.550. The van der Waals surface area contributed by atoms with Gasteiger partial charge in [0.25, 0.3) is 0 Å². The monoisotopic (exact) mass is 166 g/mol. The Labute approximate surface area is 74.8 Å². The van der Waals surface area contributed by atoms with E-state index in [1.165, 1.54) is 19.3 Å². The standard InChI is InChI=1S/C10H18N2/c1-2-10(12,8-11)9-6-4-3-5-7-9/h9H,2-7,12H2,1H3/t10-/m0/s1. The van der Waals surface area contributed by atoms with Crippen molar-refractivity contribution in [3.63, 3.8) is 0 Å². The molecule has 0 heterocycles. The summed E-state index contributed by atoms with van der Waals surface area (Å²) in [5, 5.41) is 8.96. The van der Waals surface area contributed by atoms with E-state index in [4.69, 9.17) is 11.0 Å². The molecule has 68 valence electrons. The molecule has 0 bridgehead atoms. The Morgan fingerprint density at radius 3 is 2.42 bits per heavy atom. The Morgan fingerprint density at radius 1 is 1.42 bits per heavy atom. The Balaban J connectivity index is 2.59. The van der Waals surface area contributed by atoms with Gasteiger partial charge >= 0.3 is 0 Å². The first-order chi connectivity index (χ1) is 5.73. The van der Waals surface area contributed by atoms with Crippen LogP contribution >= 0.6 is 0 Å². The number of rotatable bonds is 2. The molecule has 2 nitrogen and oxygen atoms in total. The maximum atomic E-state index is 8.96. The summed E-state index contributed by atoms with van der Waals surface area (Å²) in [7, 11) is 0. The van der Waals surface area contributed by atoms with Gasteiger partial charge in [-0.15, -0.1) is 0 Å². The Kier molecular flexibility index (Phi) is 3.11. The van der Waals surface area contributed by atoms with Crippen LogP contribution in [-0.4, -0.2) is 5.54 Å². The highest BCUT2D eigenvalue weighted by molar-refractivity contribution is 5.08. The third-order valence-corrected chi connectivity index (χ3v) is 3.13. The zero-order valence-corrected chi connectivity index (χ0v) is 7.84. The minimum atomic E-state index is -0.541. The molecule has 0 aromatic carbocycles. The topological polar surface area (TPSA) is 49.8 Å². The zero-order chi connectivity index (χ0) is 9.03. The van der Waals surface area contributed by atoms with Gasteiger partial charge in [-0.2, -0.15) is 5.26 Å². The van der Waals surface area contributed by atoms with E-state index in [1.807, 2.05) is 6.92 Å². The second kappa shape index (κ2) is 3.91. The highest BCUT2D eigenvalue weighted by Crippen LogP contribution is 2.32. The van der Waals surface area contributed by atoms with E-state index in [9.17, 15) is 0 Å². The molecule has 0 saturated heterocycles. The predicted molar refractivity (Wildman–Crippen MR) is 49.4 cm³/mol. The fraction of sp³-hybridized carbons (Fsp3) is 0.900. The second-order valence-corrected chi connectivity index (χ2v) is 3.84. The van der Waals surface area contributed by atoms with Gasteiger partial charge in [0.05, 0.1) is 6.07 Å². The van der Waals surface area contributed by atoms with Crippen LogP contribution in [0.5, 0.6) is 0 Å². The van der Waals surface area contributed by atoms with E-state index in [0.717, 1.165) is 19.3 Å². The van der Waals surface area contributed by atoms with Crippen LogP contribution in [-0.2, 0) is 0 Å². The van der Waals surface area contributed by atoms with Gasteiger partial charge in [0, 0.05) is 0 Å². The van der Waals surface area contributed by atoms with E-state index in [-0.39, 0.29) is 0 Å². The third kappa shape index (κ3) is 1.78. The van der Waals surface area contributed by atoms with E-state index in [1.54, 1.807) is 0 Å². The molecule has 0 radical (unpaired) electrons. The quantitative estimate of drug-likeness (QED) is 0.683. The van der Waals surface area contributed by atoms with Gasteiger partial charge in [0.1, 0.15) is 5.54 Å². The van der Waals surface area contributed by atoms with Crippen LogP contribution in [0, 0.1) is 17.2 Å². The molecule has 2 heteroatoms. The van der Waals surface area contributed by atoms with E-state index < -0.39 is 5.54 Å². The first kappa shape index (κ1) is 9.54. The molecule has 0 spiro atoms. The van der Waals surface area contributed by atoms with Crippen molar-refractivity contribution in [1.82, 2.24) is 0 Å². The van der Waals surface area contributed by atoms with Gasteiger partial charge < -0.3 is 5.73 Å². The molecule has 2 N–H and O–H groups in total. The van der Waals surface area contributed by atoms with Crippen molar-refractivity contribution in [3.8, 4) is 6.07 Å². The zero-order valence-electron chi connectivity index (χ0n) is 7.84. The molecule has 0 aromatic rings. The molecule has 0 amide bonds. The van der Waals surface area contributed by atoms with Crippen LogP contribution in [0.4, 0.5) is 0 Å². The summed E-state index contributed by atoms with van der Waals surface area (Å²) in [5.74, 6) is 0.446. The van der Waals surface area contributed by atoms with Crippen molar-refractivity contribution in [2.75, 3.05) is 0 Å². The minimum absolute atomic E-state index is 0.446. The lowest BCUT2D eigenvalue weighted by atomic mass is 9.75. The summed E-state index contributed by atoms with van der Waals surface area (Å²) in [5.41, 5.74) is 5.47. The molecule has 1 atom stereocenters. The largest absolute Gasteiger partial charge is 0.313 e. The van der Waals surface area contributed by atoms with Crippen LogP contribution < -0.4 is 5.73 Å². The van der Waals surface area contributed by atoms with Crippen LogP contribution in [0.25, 0.3) is 0 Å². The normalized spacial score (nSPS) is 24.4. The second-order valence-electron chi connectivity index (χ2n) is 3.84. The number of nitrogens with two attached hydrogens (primary N) is 1. The van der Waals surface area contributed by atoms with Gasteiger partial charge in [-0.05, 0) is 25.2 Å². The van der Waals surface area contributed by atoms with E-state index >= 15 is 0 Å². The van der Waals surface area contributed by atoms with Crippen LogP contribution in [0.15, 0.2) is 0 Å². The lowest BCUT2D eigenvalue weighted by Gasteiger charge is -2.33. The molecule has 1 saturated carbocycles.